The molecule has 0 spiro atoms. The minimum absolute atomic E-state index is 0.0513. The van der Waals surface area contributed by atoms with E-state index in [0.717, 1.165) is 0 Å². The summed E-state index contributed by atoms with van der Waals surface area (Å²) in [5.41, 5.74) is 0. The van der Waals surface area contributed by atoms with Crippen molar-refractivity contribution in [1.29, 1.82) is 0 Å². The van der Waals surface area contributed by atoms with Crippen molar-refractivity contribution in [3.05, 3.63) is 48.5 Å². The molecule has 0 fully saturated rings. The van der Waals surface area contributed by atoms with Gasteiger partial charge in [0, 0.05) is 12.4 Å². The van der Waals surface area contributed by atoms with Gasteiger partial charge >= 0.3 is 0 Å². The zero-order valence-corrected chi connectivity index (χ0v) is 21.6. The number of nitrogens with zero attached hydrogens (tertiary/aromatic N) is 1. The van der Waals surface area contributed by atoms with Crippen molar-refractivity contribution < 1.29 is 17.8 Å². The zero-order valence-electron chi connectivity index (χ0n) is 22.6. The largest absolute Gasteiger partial charge is 0.545 e. The van der Waals surface area contributed by atoms with Crippen LogP contribution >= 0.6 is 0 Å². The first-order valence-corrected chi connectivity index (χ1v) is 16.0. The number of allylic oxidation sites excluding steroid dienone is 2. The summed E-state index contributed by atoms with van der Waals surface area (Å²) in [6, 6.07) is 3.29. The van der Waals surface area contributed by atoms with Crippen LogP contribution in [0.15, 0.2) is 48.5 Å². The average Bonchev–Trinajstić information content (AvgIpc) is 3.10. The highest BCUT2D eigenvalue weighted by Crippen LogP contribution is 2.43. The third kappa shape index (κ3) is 5.22. The second-order valence-corrected chi connectivity index (χ2v) is 20.2. The lowest BCUT2D eigenvalue weighted by molar-refractivity contribution is 0.0685. The van der Waals surface area contributed by atoms with Gasteiger partial charge in [0.05, 0.1) is 10.0 Å². The third-order valence-electron chi connectivity index (χ3n) is 6.38. The first kappa shape index (κ1) is 19.6. The van der Waals surface area contributed by atoms with E-state index in [1.165, 1.54) is 10.6 Å². The standard InChI is InChI=1S/C23H39NO3Si2/c1-22(2,3)28(7,8)26-19-15-13-14-18(21(25)24-16-11-12-17-24)20(19)27-29(9,10)23(4,5)6/h11-18,20H,1-10H3/i14D,15D,20D. The molecule has 0 bridgehead atoms. The van der Waals surface area contributed by atoms with E-state index in [-0.39, 0.29) is 27.9 Å². The SMILES string of the molecule is [2H]C1=CC([2H])=C(O[Si](C)(C)C(C)(C)C)C([2H])(O[Si](C)(C)C(C)(C)C)C1C(=O)n1cccc1. The predicted octanol–water partition coefficient (Wildman–Crippen LogP) is 6.61. The quantitative estimate of drug-likeness (QED) is 0.488. The molecule has 2 atom stereocenters. The first-order valence-electron chi connectivity index (χ1n) is 11.7. The van der Waals surface area contributed by atoms with Gasteiger partial charge in [-0.25, -0.2) is 0 Å². The van der Waals surface area contributed by atoms with Crippen LogP contribution in [0.4, 0.5) is 0 Å². The van der Waals surface area contributed by atoms with Crippen LogP contribution in [0.5, 0.6) is 0 Å². The number of aromatic nitrogens is 1. The van der Waals surface area contributed by atoms with E-state index >= 15 is 0 Å². The highest BCUT2D eigenvalue weighted by atomic mass is 28.4. The molecule has 0 aromatic carbocycles. The molecule has 0 aliphatic heterocycles. The molecule has 0 radical (unpaired) electrons. The Balaban J connectivity index is 2.73. The van der Waals surface area contributed by atoms with Crippen LogP contribution < -0.4 is 0 Å². The zero-order chi connectivity index (χ0) is 24.9. The molecular formula is C23H39NO3Si2. The van der Waals surface area contributed by atoms with Gasteiger partial charge in [0.25, 0.3) is 0 Å². The third-order valence-corrected chi connectivity index (χ3v) is 15.0. The fraction of sp³-hybridized carbons (Fsp3) is 0.609. The molecule has 1 heterocycles. The molecule has 1 aromatic rings. The minimum atomic E-state index is -2.60. The van der Waals surface area contributed by atoms with Gasteiger partial charge in [-0.2, -0.15) is 0 Å². The van der Waals surface area contributed by atoms with E-state index in [9.17, 15) is 6.17 Å². The van der Waals surface area contributed by atoms with E-state index in [1.807, 2.05) is 26.2 Å². The van der Waals surface area contributed by atoms with Crippen molar-refractivity contribution in [1.82, 2.24) is 4.57 Å². The molecule has 162 valence electrons. The number of hydrogen-bond acceptors (Lipinski definition) is 3. The fourth-order valence-electron chi connectivity index (χ4n) is 2.30. The predicted molar refractivity (Wildman–Crippen MR) is 126 cm³/mol. The Morgan fingerprint density at radius 2 is 1.55 bits per heavy atom. The summed E-state index contributed by atoms with van der Waals surface area (Å²) in [7, 11) is -5.07. The van der Waals surface area contributed by atoms with Crippen LogP contribution in [0.3, 0.4) is 0 Å². The number of carbonyl (C=O) groups is 1. The molecule has 4 nitrogen and oxygen atoms in total. The van der Waals surface area contributed by atoms with E-state index in [1.54, 1.807) is 24.5 Å². The molecule has 1 aliphatic carbocycles. The van der Waals surface area contributed by atoms with E-state index < -0.39 is 34.5 Å². The van der Waals surface area contributed by atoms with Crippen molar-refractivity contribution >= 4 is 22.5 Å². The molecule has 0 N–H and O–H groups in total. The monoisotopic (exact) mass is 436 g/mol. The van der Waals surface area contributed by atoms with Crippen LogP contribution in [0, 0.1) is 5.92 Å². The normalized spacial score (nSPS) is 25.8. The summed E-state index contributed by atoms with van der Waals surface area (Å²) in [6.07, 6.45) is 2.55. The molecule has 0 saturated carbocycles. The lowest BCUT2D eigenvalue weighted by Crippen LogP contribution is -2.50. The van der Waals surface area contributed by atoms with Crippen molar-refractivity contribution in [2.24, 2.45) is 5.92 Å². The van der Waals surface area contributed by atoms with Crippen molar-refractivity contribution in [3.63, 3.8) is 0 Å². The maximum Gasteiger partial charge on any atom is 0.250 e. The highest BCUT2D eigenvalue weighted by Gasteiger charge is 2.46. The van der Waals surface area contributed by atoms with E-state index in [2.05, 4.69) is 41.5 Å². The van der Waals surface area contributed by atoms with Crippen LogP contribution in [0.25, 0.3) is 0 Å². The Morgan fingerprint density at radius 1 is 1.03 bits per heavy atom. The molecule has 2 rings (SSSR count). The van der Waals surface area contributed by atoms with Crippen LogP contribution in [0.1, 0.15) is 50.4 Å². The molecule has 2 unspecified atom stereocenters. The Morgan fingerprint density at radius 3 is 2.03 bits per heavy atom. The molecule has 0 amide bonds. The molecular weight excluding hydrogens is 394 g/mol. The number of hydrogen-bond donors (Lipinski definition) is 0. The fourth-order valence-corrected chi connectivity index (χ4v) is 4.35. The Labute approximate surface area is 183 Å². The number of rotatable bonds is 5. The van der Waals surface area contributed by atoms with Gasteiger partial charge in [-0.05, 0) is 54.4 Å². The van der Waals surface area contributed by atoms with Crippen molar-refractivity contribution in [2.45, 2.75) is 83.9 Å². The van der Waals surface area contributed by atoms with Crippen LogP contribution in [0.2, 0.25) is 36.3 Å². The summed E-state index contributed by atoms with van der Waals surface area (Å²) in [4.78, 5) is 13.5. The Kier molecular flexibility index (Phi) is 5.43. The van der Waals surface area contributed by atoms with Crippen molar-refractivity contribution in [2.75, 3.05) is 0 Å². The first-order chi connectivity index (χ1) is 14.2. The maximum atomic E-state index is 13.5. The van der Waals surface area contributed by atoms with Crippen LogP contribution in [-0.2, 0) is 8.85 Å². The van der Waals surface area contributed by atoms with Gasteiger partial charge < -0.3 is 8.85 Å². The topological polar surface area (TPSA) is 40.5 Å². The number of carbonyl (C=O) groups excluding carboxylic acids is 1. The summed E-state index contributed by atoms with van der Waals surface area (Å²) < 4.78 is 41.3. The summed E-state index contributed by atoms with van der Waals surface area (Å²) in [5.74, 6) is -1.62. The van der Waals surface area contributed by atoms with E-state index in [4.69, 9.17) is 11.6 Å². The van der Waals surface area contributed by atoms with Gasteiger partial charge in [0.1, 0.15) is 11.8 Å². The van der Waals surface area contributed by atoms with Gasteiger partial charge in [0.2, 0.25) is 14.2 Å². The van der Waals surface area contributed by atoms with Gasteiger partial charge in [-0.15, -0.1) is 0 Å². The molecule has 29 heavy (non-hydrogen) atoms. The Bertz CT molecular complexity index is 925. The molecule has 1 aromatic heterocycles. The summed E-state index contributed by atoms with van der Waals surface area (Å²) in [5, 5.41) is -0.418. The maximum absolute atomic E-state index is 13.5. The summed E-state index contributed by atoms with van der Waals surface area (Å²) in [6.45, 7) is 20.5. The minimum Gasteiger partial charge on any atom is -0.545 e. The highest BCUT2D eigenvalue weighted by molar-refractivity contribution is 6.75. The van der Waals surface area contributed by atoms with Crippen LogP contribution in [-0.4, -0.2) is 33.2 Å². The smallest absolute Gasteiger partial charge is 0.250 e. The molecule has 0 saturated heterocycles. The second kappa shape index (κ2) is 8.04. The molecule has 6 heteroatoms. The van der Waals surface area contributed by atoms with E-state index in [0.29, 0.717) is 0 Å². The summed E-state index contributed by atoms with van der Waals surface area (Å²) >= 11 is 0. The lowest BCUT2D eigenvalue weighted by Gasteiger charge is -2.44. The van der Waals surface area contributed by atoms with Gasteiger partial charge in [-0.1, -0.05) is 53.7 Å². The second-order valence-electron chi connectivity index (χ2n) is 10.7. The van der Waals surface area contributed by atoms with Crippen molar-refractivity contribution in [3.8, 4) is 0 Å². The average molecular weight is 437 g/mol. The Hall–Kier alpha value is -1.38. The van der Waals surface area contributed by atoms with Gasteiger partial charge in [-0.3, -0.25) is 9.36 Å². The lowest BCUT2D eigenvalue weighted by atomic mass is 9.95. The molecule has 1 aliphatic rings. The van der Waals surface area contributed by atoms with Gasteiger partial charge in [0.15, 0.2) is 8.32 Å².